The molecule has 2 heterocycles. The van der Waals surface area contributed by atoms with Crippen LogP contribution in [0.15, 0.2) is 72.8 Å². The quantitative estimate of drug-likeness (QED) is 0.441. The molecule has 3 aliphatic rings. The summed E-state index contributed by atoms with van der Waals surface area (Å²) in [5, 5.41) is 0. The molecule has 2 N–H and O–H groups in total. The Morgan fingerprint density at radius 2 is 1.41 bits per heavy atom. The standard InChI is InChI=1S/C29H26N4O4/c30-19-14-12-18(13-15-19)16-31-24-9-3-4-10-25(24)33(23-11-5-8-22(23)29(31)37)26(34)17-32-27(35)20-6-1-2-7-21(20)28(32)36/h1-4,6-7,9-10,12-15,22-23H,5,8,11,16-17,30H2. The fraction of sp³-hybridized carbons (Fsp3) is 0.241. The summed E-state index contributed by atoms with van der Waals surface area (Å²) < 4.78 is 0. The fourth-order valence-electron chi connectivity index (χ4n) is 5.81. The van der Waals surface area contributed by atoms with E-state index in [0.717, 1.165) is 16.9 Å². The van der Waals surface area contributed by atoms with E-state index >= 15 is 0 Å². The van der Waals surface area contributed by atoms with Crippen molar-refractivity contribution in [3.63, 3.8) is 0 Å². The Labute approximate surface area is 214 Å². The van der Waals surface area contributed by atoms with Crippen molar-refractivity contribution < 1.29 is 19.2 Å². The smallest absolute Gasteiger partial charge is 0.262 e. The Bertz CT molecular complexity index is 1400. The lowest BCUT2D eigenvalue weighted by Crippen LogP contribution is -2.49. The molecule has 1 fully saturated rings. The third-order valence-corrected chi connectivity index (χ3v) is 7.59. The van der Waals surface area contributed by atoms with Gasteiger partial charge in [0.2, 0.25) is 11.8 Å². The van der Waals surface area contributed by atoms with E-state index in [4.69, 9.17) is 5.73 Å². The van der Waals surface area contributed by atoms with Crippen LogP contribution < -0.4 is 15.5 Å². The van der Waals surface area contributed by atoms with Gasteiger partial charge in [-0.25, -0.2) is 0 Å². The minimum atomic E-state index is -0.471. The zero-order valence-electron chi connectivity index (χ0n) is 20.2. The lowest BCUT2D eigenvalue weighted by Gasteiger charge is -2.31. The van der Waals surface area contributed by atoms with Crippen LogP contribution in [0.5, 0.6) is 0 Å². The van der Waals surface area contributed by atoms with Crippen molar-refractivity contribution in [1.29, 1.82) is 0 Å². The van der Waals surface area contributed by atoms with Crippen molar-refractivity contribution in [3.05, 3.63) is 89.5 Å². The van der Waals surface area contributed by atoms with Gasteiger partial charge in [-0.1, -0.05) is 42.8 Å². The molecule has 2 aliphatic heterocycles. The van der Waals surface area contributed by atoms with Crippen molar-refractivity contribution >= 4 is 40.7 Å². The number of nitrogen functional groups attached to an aromatic ring is 1. The number of amides is 4. The first kappa shape index (κ1) is 23.0. The molecule has 6 rings (SSSR count). The van der Waals surface area contributed by atoms with Gasteiger partial charge in [-0.3, -0.25) is 24.1 Å². The van der Waals surface area contributed by atoms with Crippen LogP contribution in [0.2, 0.25) is 0 Å². The summed E-state index contributed by atoms with van der Waals surface area (Å²) in [5.74, 6) is -1.71. The van der Waals surface area contributed by atoms with Crippen LogP contribution in [0.3, 0.4) is 0 Å². The second kappa shape index (κ2) is 8.89. The number of carbonyl (C=O) groups is 4. The average Bonchev–Trinajstić information content (AvgIpc) is 3.46. The van der Waals surface area contributed by atoms with E-state index in [1.54, 1.807) is 46.2 Å². The largest absolute Gasteiger partial charge is 0.399 e. The second-order valence-corrected chi connectivity index (χ2v) is 9.77. The predicted octanol–water partition coefficient (Wildman–Crippen LogP) is 3.61. The van der Waals surface area contributed by atoms with Crippen LogP contribution in [0.25, 0.3) is 0 Å². The van der Waals surface area contributed by atoms with Crippen LogP contribution in [0.1, 0.15) is 45.5 Å². The van der Waals surface area contributed by atoms with E-state index in [2.05, 4.69) is 0 Å². The number of fused-ring (bicyclic) bond motifs is 3. The number of carbonyl (C=O) groups excluding carboxylic acids is 4. The van der Waals surface area contributed by atoms with Gasteiger partial charge < -0.3 is 15.5 Å². The number of hydrogen-bond donors (Lipinski definition) is 1. The van der Waals surface area contributed by atoms with Gasteiger partial charge in [0.1, 0.15) is 6.54 Å². The summed E-state index contributed by atoms with van der Waals surface area (Å²) in [6, 6.07) is 21.0. The van der Waals surface area contributed by atoms with E-state index in [1.807, 2.05) is 36.4 Å². The van der Waals surface area contributed by atoms with Crippen LogP contribution in [0.4, 0.5) is 17.1 Å². The molecule has 1 saturated carbocycles. The minimum absolute atomic E-state index is 0.0252. The molecule has 0 radical (unpaired) electrons. The van der Waals surface area contributed by atoms with Crippen LogP contribution in [-0.2, 0) is 16.1 Å². The van der Waals surface area contributed by atoms with Gasteiger partial charge >= 0.3 is 0 Å². The molecule has 0 saturated heterocycles. The number of rotatable bonds is 4. The third-order valence-electron chi connectivity index (χ3n) is 7.59. The molecule has 2 unspecified atom stereocenters. The van der Waals surface area contributed by atoms with Crippen molar-refractivity contribution in [1.82, 2.24) is 4.90 Å². The summed E-state index contributed by atoms with van der Waals surface area (Å²) in [4.78, 5) is 58.1. The summed E-state index contributed by atoms with van der Waals surface area (Å²) in [5.41, 5.74) is 9.28. The third kappa shape index (κ3) is 3.76. The number of nitrogens with zero attached hydrogens (tertiary/aromatic N) is 3. The van der Waals surface area contributed by atoms with Gasteiger partial charge in [0.05, 0.1) is 35.0 Å². The molecule has 1 aliphatic carbocycles. The molecule has 0 spiro atoms. The van der Waals surface area contributed by atoms with Crippen molar-refractivity contribution in [3.8, 4) is 0 Å². The molecular weight excluding hydrogens is 468 g/mol. The van der Waals surface area contributed by atoms with Crippen LogP contribution in [-0.4, -0.2) is 41.1 Å². The summed E-state index contributed by atoms with van der Waals surface area (Å²) in [7, 11) is 0. The molecule has 3 aromatic rings. The minimum Gasteiger partial charge on any atom is -0.399 e. The molecule has 8 nitrogen and oxygen atoms in total. The molecule has 0 bridgehead atoms. The van der Waals surface area contributed by atoms with Gasteiger partial charge in [-0.2, -0.15) is 0 Å². The Morgan fingerprint density at radius 3 is 2.08 bits per heavy atom. The van der Waals surface area contributed by atoms with E-state index in [1.165, 1.54) is 0 Å². The number of nitrogens with two attached hydrogens (primary N) is 1. The van der Waals surface area contributed by atoms with Gasteiger partial charge in [-0.15, -0.1) is 0 Å². The number of para-hydroxylation sites is 2. The molecule has 37 heavy (non-hydrogen) atoms. The van der Waals surface area contributed by atoms with Crippen LogP contribution in [0, 0.1) is 5.92 Å². The molecule has 0 aromatic heterocycles. The highest BCUT2D eigenvalue weighted by atomic mass is 16.2. The Morgan fingerprint density at radius 1 is 0.784 bits per heavy atom. The van der Waals surface area contributed by atoms with E-state index in [0.29, 0.717) is 47.6 Å². The van der Waals surface area contributed by atoms with Gasteiger partial charge in [-0.05, 0) is 54.8 Å². The summed E-state index contributed by atoms with van der Waals surface area (Å²) >= 11 is 0. The normalized spacial score (nSPS) is 20.5. The zero-order chi connectivity index (χ0) is 25.7. The van der Waals surface area contributed by atoms with Crippen LogP contribution >= 0.6 is 0 Å². The van der Waals surface area contributed by atoms with E-state index in [-0.39, 0.29) is 30.3 Å². The number of benzene rings is 3. The average molecular weight is 495 g/mol. The van der Waals surface area contributed by atoms with Gasteiger partial charge in [0.15, 0.2) is 0 Å². The molecule has 2 atom stereocenters. The summed E-state index contributed by atoms with van der Waals surface area (Å²) in [6.45, 7) is -0.0319. The first-order valence-corrected chi connectivity index (χ1v) is 12.5. The molecule has 4 amide bonds. The summed E-state index contributed by atoms with van der Waals surface area (Å²) in [6.07, 6.45) is 2.16. The Hall–Kier alpha value is -4.46. The Balaban J connectivity index is 1.37. The highest BCUT2D eigenvalue weighted by molar-refractivity contribution is 6.23. The first-order valence-electron chi connectivity index (χ1n) is 12.5. The maximum atomic E-state index is 13.9. The fourth-order valence-corrected chi connectivity index (χ4v) is 5.81. The highest BCUT2D eigenvalue weighted by Crippen LogP contribution is 2.43. The second-order valence-electron chi connectivity index (χ2n) is 9.77. The lowest BCUT2D eigenvalue weighted by molar-refractivity contribution is -0.123. The molecule has 186 valence electrons. The van der Waals surface area contributed by atoms with Crippen molar-refractivity contribution in [2.24, 2.45) is 5.92 Å². The SMILES string of the molecule is Nc1ccc(CN2C(=O)C3CCCC3N(C(=O)CN3C(=O)c4ccccc4C3=O)c3ccccc32)cc1. The van der Waals surface area contributed by atoms with E-state index in [9.17, 15) is 19.2 Å². The predicted molar refractivity (Wildman–Crippen MR) is 139 cm³/mol. The maximum Gasteiger partial charge on any atom is 0.262 e. The van der Waals surface area contributed by atoms with E-state index < -0.39 is 11.8 Å². The van der Waals surface area contributed by atoms with Crippen molar-refractivity contribution in [2.75, 3.05) is 22.1 Å². The zero-order valence-corrected chi connectivity index (χ0v) is 20.2. The van der Waals surface area contributed by atoms with Gasteiger partial charge in [0, 0.05) is 11.7 Å². The highest BCUT2D eigenvalue weighted by Gasteiger charge is 2.46. The number of anilines is 3. The lowest BCUT2D eigenvalue weighted by atomic mass is 10.0. The molecule has 8 heteroatoms. The number of hydrogen-bond acceptors (Lipinski definition) is 5. The van der Waals surface area contributed by atoms with Crippen molar-refractivity contribution in [2.45, 2.75) is 31.8 Å². The molecular formula is C29H26N4O4. The monoisotopic (exact) mass is 494 g/mol. The first-order chi connectivity index (χ1) is 17.9. The topological polar surface area (TPSA) is 104 Å². The maximum absolute atomic E-state index is 13.9. The molecule has 3 aromatic carbocycles. The Kier molecular flexibility index (Phi) is 5.52. The number of imide groups is 1. The van der Waals surface area contributed by atoms with Gasteiger partial charge in [0.25, 0.3) is 11.8 Å².